The van der Waals surface area contributed by atoms with Gasteiger partial charge >= 0.3 is 0 Å². The minimum absolute atomic E-state index is 0.772. The van der Waals surface area contributed by atoms with Gasteiger partial charge in [0.15, 0.2) is 5.82 Å². The van der Waals surface area contributed by atoms with Crippen LogP contribution in [0.15, 0.2) is 47.6 Å². The number of aliphatic imine (C=N–C) groups is 1. The maximum atomic E-state index is 4.40. The molecule has 0 fully saturated rings. The molecule has 76 valence electrons. The second kappa shape index (κ2) is 3.74. The third-order valence-corrected chi connectivity index (χ3v) is 2.58. The highest BCUT2D eigenvalue weighted by Gasteiger charge is 2.02. The van der Waals surface area contributed by atoms with Crippen molar-refractivity contribution in [2.45, 2.75) is 0 Å². The summed E-state index contributed by atoms with van der Waals surface area (Å²) in [6, 6.07) is 12.1. The van der Waals surface area contributed by atoms with Gasteiger partial charge < -0.3 is 0 Å². The van der Waals surface area contributed by atoms with Crippen molar-refractivity contribution in [3.63, 3.8) is 0 Å². The van der Waals surface area contributed by atoms with Crippen LogP contribution >= 0.6 is 0 Å². The normalized spacial score (nSPS) is 16.5. The number of rotatable bonds is 0. The molecule has 1 aliphatic heterocycles. The Balaban J connectivity index is 2.18. The molecule has 1 aromatic heterocycles. The Morgan fingerprint density at radius 1 is 0.750 bits per heavy atom. The first-order chi connectivity index (χ1) is 7.93. The molecule has 0 aliphatic carbocycles. The summed E-state index contributed by atoms with van der Waals surface area (Å²) in [5.41, 5.74) is 3.35. The van der Waals surface area contributed by atoms with Crippen LogP contribution in [0.3, 0.4) is 0 Å². The van der Waals surface area contributed by atoms with Crippen LogP contribution in [0, 0.1) is 0 Å². The van der Waals surface area contributed by atoms with Gasteiger partial charge in [-0.05, 0) is 17.7 Å². The Kier molecular flexibility index (Phi) is 2.11. The van der Waals surface area contributed by atoms with Gasteiger partial charge in [-0.3, -0.25) is 0 Å². The van der Waals surface area contributed by atoms with E-state index in [-0.39, 0.29) is 0 Å². The fourth-order valence-corrected chi connectivity index (χ4v) is 1.74. The van der Waals surface area contributed by atoms with Gasteiger partial charge in [0.2, 0.25) is 0 Å². The van der Waals surface area contributed by atoms with Crippen molar-refractivity contribution in [3.8, 4) is 0 Å². The largest absolute Gasteiger partial charge is 0.237 e. The molecular formula is C14H10N2. The molecule has 2 heteroatoms. The first-order valence-electron chi connectivity index (χ1n) is 5.20. The maximum Gasteiger partial charge on any atom is 0.159 e. The molecule has 0 radical (unpaired) electrons. The molecule has 1 aromatic carbocycles. The average molecular weight is 206 g/mol. The maximum absolute atomic E-state index is 4.40. The topological polar surface area (TPSA) is 25.2 Å². The van der Waals surface area contributed by atoms with E-state index in [9.17, 15) is 0 Å². The van der Waals surface area contributed by atoms with Gasteiger partial charge in [-0.2, -0.15) is 0 Å². The van der Waals surface area contributed by atoms with E-state index in [1.165, 1.54) is 5.56 Å². The highest BCUT2D eigenvalue weighted by atomic mass is 14.9. The number of benzene rings is 1. The number of aromatic nitrogens is 1. The molecule has 0 bridgehead atoms. The van der Waals surface area contributed by atoms with Crippen LogP contribution in [0.25, 0.3) is 12.2 Å². The second-order valence-corrected chi connectivity index (χ2v) is 3.64. The van der Waals surface area contributed by atoms with Gasteiger partial charge in [-0.25, -0.2) is 9.98 Å². The average Bonchev–Trinajstić information content (AvgIpc) is 2.32. The highest BCUT2D eigenvalue weighted by Crippen LogP contribution is 2.21. The van der Waals surface area contributed by atoms with Crippen molar-refractivity contribution >= 4 is 24.2 Å². The molecule has 0 spiro atoms. The molecule has 0 saturated heterocycles. The molecule has 0 atom stereocenters. The molecular weight excluding hydrogens is 196 g/mol. The Labute approximate surface area is 94.0 Å². The number of pyridine rings is 1. The van der Waals surface area contributed by atoms with Crippen molar-refractivity contribution in [1.29, 1.82) is 0 Å². The monoisotopic (exact) mass is 206 g/mol. The minimum Gasteiger partial charge on any atom is -0.237 e. The SMILES string of the molecule is C1=C\c2cccnc2/N=C\c2ccccc2/1. The minimum atomic E-state index is 0.772. The quantitative estimate of drug-likeness (QED) is 0.554. The number of nitrogens with zero attached hydrogens (tertiary/aromatic N) is 2. The molecule has 2 heterocycles. The van der Waals surface area contributed by atoms with E-state index in [0.29, 0.717) is 0 Å². The zero-order valence-electron chi connectivity index (χ0n) is 8.67. The molecule has 2 aromatic rings. The van der Waals surface area contributed by atoms with E-state index in [0.717, 1.165) is 16.9 Å². The van der Waals surface area contributed by atoms with E-state index in [4.69, 9.17) is 0 Å². The van der Waals surface area contributed by atoms with Gasteiger partial charge in [0.05, 0.1) is 0 Å². The van der Waals surface area contributed by atoms with Gasteiger partial charge in [0.1, 0.15) is 0 Å². The van der Waals surface area contributed by atoms with Crippen LogP contribution in [0.1, 0.15) is 16.7 Å². The standard InChI is InChI=1S/C14H10N2/c1-2-5-13-10-16-14-12(6-3-9-15-14)8-7-11(13)4-1/h1-10H/b8-7-,11-7?,12-8?,13-10?,16-10-,16-14?. The number of hydrogen-bond donors (Lipinski definition) is 0. The van der Waals surface area contributed by atoms with Crippen LogP contribution in [0.4, 0.5) is 5.82 Å². The lowest BCUT2D eigenvalue weighted by Crippen LogP contribution is -1.90. The van der Waals surface area contributed by atoms with Gasteiger partial charge in [0.25, 0.3) is 0 Å². The fraction of sp³-hybridized carbons (Fsp3) is 0. The number of hydrogen-bond acceptors (Lipinski definition) is 2. The van der Waals surface area contributed by atoms with Crippen molar-refractivity contribution in [3.05, 3.63) is 59.3 Å². The van der Waals surface area contributed by atoms with Crippen molar-refractivity contribution < 1.29 is 0 Å². The second-order valence-electron chi connectivity index (χ2n) is 3.64. The lowest BCUT2D eigenvalue weighted by molar-refractivity contribution is 1.27. The fourth-order valence-electron chi connectivity index (χ4n) is 1.74. The molecule has 0 amide bonds. The van der Waals surface area contributed by atoms with Gasteiger partial charge in [-0.1, -0.05) is 36.4 Å². The van der Waals surface area contributed by atoms with Crippen LogP contribution in [0.2, 0.25) is 0 Å². The molecule has 2 nitrogen and oxygen atoms in total. The predicted molar refractivity (Wildman–Crippen MR) is 66.9 cm³/mol. The van der Waals surface area contributed by atoms with Crippen LogP contribution in [0.5, 0.6) is 0 Å². The predicted octanol–water partition coefficient (Wildman–Crippen LogP) is 3.32. The summed E-state index contributed by atoms with van der Waals surface area (Å²) in [6.07, 6.45) is 7.78. The third-order valence-electron chi connectivity index (χ3n) is 2.58. The summed E-state index contributed by atoms with van der Waals surface area (Å²) in [4.78, 5) is 8.65. The molecule has 0 unspecified atom stereocenters. The summed E-state index contributed by atoms with van der Waals surface area (Å²) in [5.74, 6) is 0.772. The van der Waals surface area contributed by atoms with E-state index < -0.39 is 0 Å². The summed E-state index contributed by atoms with van der Waals surface area (Å²) in [5, 5.41) is 0. The van der Waals surface area contributed by atoms with Crippen molar-refractivity contribution in [2.24, 2.45) is 4.99 Å². The number of fused-ring (bicyclic) bond motifs is 2. The highest BCUT2D eigenvalue weighted by molar-refractivity contribution is 5.91. The van der Waals surface area contributed by atoms with Gasteiger partial charge in [0, 0.05) is 23.5 Å². The van der Waals surface area contributed by atoms with Gasteiger partial charge in [-0.15, -0.1) is 0 Å². The molecule has 3 rings (SSSR count). The van der Waals surface area contributed by atoms with E-state index in [2.05, 4.69) is 34.3 Å². The molecule has 16 heavy (non-hydrogen) atoms. The third kappa shape index (κ3) is 1.54. The molecule has 0 saturated carbocycles. The molecule has 0 N–H and O–H groups in total. The first kappa shape index (κ1) is 9.04. The summed E-state index contributed by atoms with van der Waals surface area (Å²) in [6.45, 7) is 0. The van der Waals surface area contributed by atoms with Crippen LogP contribution in [-0.4, -0.2) is 11.2 Å². The molecule has 1 aliphatic rings. The Morgan fingerprint density at radius 3 is 2.44 bits per heavy atom. The van der Waals surface area contributed by atoms with E-state index in [1.807, 2.05) is 30.5 Å². The van der Waals surface area contributed by atoms with Crippen molar-refractivity contribution in [1.82, 2.24) is 4.98 Å². The first-order valence-corrected chi connectivity index (χ1v) is 5.20. The zero-order chi connectivity index (χ0) is 10.8. The lowest BCUT2D eigenvalue weighted by Gasteiger charge is -2.05. The summed E-state index contributed by atoms with van der Waals surface area (Å²) >= 11 is 0. The Bertz CT molecular complexity index is 479. The zero-order valence-corrected chi connectivity index (χ0v) is 8.67. The van der Waals surface area contributed by atoms with E-state index >= 15 is 0 Å². The Hall–Kier alpha value is -2.22. The summed E-state index contributed by atoms with van der Waals surface area (Å²) < 4.78 is 0. The lowest BCUT2D eigenvalue weighted by atomic mass is 10.1. The van der Waals surface area contributed by atoms with Crippen LogP contribution < -0.4 is 0 Å². The summed E-state index contributed by atoms with van der Waals surface area (Å²) in [7, 11) is 0. The smallest absolute Gasteiger partial charge is 0.159 e. The Morgan fingerprint density at radius 2 is 1.50 bits per heavy atom. The van der Waals surface area contributed by atoms with Crippen molar-refractivity contribution in [2.75, 3.05) is 0 Å². The van der Waals surface area contributed by atoms with Crippen LogP contribution in [-0.2, 0) is 0 Å². The van der Waals surface area contributed by atoms with E-state index in [1.54, 1.807) is 6.20 Å².